The van der Waals surface area contributed by atoms with Gasteiger partial charge in [-0.1, -0.05) is 36.4 Å². The van der Waals surface area contributed by atoms with Gasteiger partial charge in [0.05, 0.1) is 11.3 Å². The summed E-state index contributed by atoms with van der Waals surface area (Å²) in [5, 5.41) is 9.02. The number of nitrogens with zero attached hydrogens (tertiary/aromatic N) is 3. The molecule has 1 aromatic heterocycles. The largest absolute Gasteiger partial charge is 0.489 e. The van der Waals surface area contributed by atoms with E-state index >= 15 is 0 Å². The number of benzene rings is 2. The summed E-state index contributed by atoms with van der Waals surface area (Å²) in [6, 6.07) is 19.6. The van der Waals surface area contributed by atoms with Gasteiger partial charge < -0.3 is 20.1 Å². The molecular weight excluding hydrogens is 423 g/mol. The number of primary amides is 1. The zero-order valence-electron chi connectivity index (χ0n) is 17.9. The van der Waals surface area contributed by atoms with Gasteiger partial charge in [0, 0.05) is 43.6 Å². The molecule has 3 aromatic rings. The zero-order chi connectivity index (χ0) is 23.2. The van der Waals surface area contributed by atoms with Gasteiger partial charge in [0.15, 0.2) is 0 Å². The molecule has 0 bridgehead atoms. The molecule has 0 aliphatic carbocycles. The van der Waals surface area contributed by atoms with Crippen LogP contribution in [-0.2, 0) is 11.3 Å². The molecule has 1 aliphatic heterocycles. The van der Waals surface area contributed by atoms with E-state index in [1.165, 1.54) is 12.1 Å². The molecule has 7 nitrogen and oxygen atoms in total. The molecule has 33 heavy (non-hydrogen) atoms. The summed E-state index contributed by atoms with van der Waals surface area (Å²) in [7, 11) is 0. The van der Waals surface area contributed by atoms with Gasteiger partial charge in [0.1, 0.15) is 36.2 Å². The fraction of sp³-hybridized carbons (Fsp3) is 0.240. The number of amides is 1. The van der Waals surface area contributed by atoms with Crippen molar-refractivity contribution in [2.45, 2.75) is 25.6 Å². The summed E-state index contributed by atoms with van der Waals surface area (Å²) in [6.07, 6.45) is 0.262. The van der Waals surface area contributed by atoms with Gasteiger partial charge in [-0.25, -0.2) is 14.2 Å². The Kier molecular flexibility index (Phi) is 6.69. The fourth-order valence-corrected chi connectivity index (χ4v) is 3.76. The Morgan fingerprint density at radius 2 is 1.91 bits per heavy atom. The second-order valence-electron chi connectivity index (χ2n) is 7.75. The molecule has 0 radical (unpaired) electrons. The third kappa shape index (κ3) is 5.57. The van der Waals surface area contributed by atoms with Crippen LogP contribution >= 0.6 is 0 Å². The lowest BCUT2D eigenvalue weighted by atomic mass is 10.1. The zero-order valence-corrected chi connectivity index (χ0v) is 17.9. The van der Waals surface area contributed by atoms with Crippen molar-refractivity contribution in [3.63, 3.8) is 0 Å². The Morgan fingerprint density at radius 3 is 2.58 bits per heavy atom. The molecule has 0 atom stereocenters. The highest BCUT2D eigenvalue weighted by molar-refractivity contribution is 5.66. The Bertz CT molecular complexity index is 1170. The highest BCUT2D eigenvalue weighted by atomic mass is 19.1. The number of nitrogens with two attached hydrogens (primary N) is 1. The minimum atomic E-state index is -0.770. The monoisotopic (exact) mass is 446 g/mol. The lowest BCUT2D eigenvalue weighted by molar-refractivity contribution is 0.0911. The topological polar surface area (TPSA) is 101 Å². The van der Waals surface area contributed by atoms with Crippen LogP contribution in [-0.4, -0.2) is 30.3 Å². The number of halogens is 1. The fourth-order valence-electron chi connectivity index (χ4n) is 3.76. The molecule has 8 heteroatoms. The van der Waals surface area contributed by atoms with Crippen molar-refractivity contribution >= 4 is 11.9 Å². The van der Waals surface area contributed by atoms with Crippen LogP contribution in [0.3, 0.4) is 0 Å². The quantitative estimate of drug-likeness (QED) is 0.602. The van der Waals surface area contributed by atoms with Crippen LogP contribution in [0.1, 0.15) is 24.0 Å². The molecule has 0 spiro atoms. The number of pyridine rings is 1. The number of aromatic nitrogens is 1. The van der Waals surface area contributed by atoms with Crippen LogP contribution in [0, 0.1) is 17.1 Å². The van der Waals surface area contributed by atoms with E-state index in [9.17, 15) is 9.18 Å². The number of piperidine rings is 1. The molecule has 4 rings (SSSR count). The van der Waals surface area contributed by atoms with E-state index < -0.39 is 11.9 Å². The number of hydrogen-bond acceptors (Lipinski definition) is 6. The number of rotatable bonds is 6. The maximum Gasteiger partial charge on any atom is 0.404 e. The average molecular weight is 446 g/mol. The van der Waals surface area contributed by atoms with E-state index in [-0.39, 0.29) is 11.7 Å². The Labute approximate surface area is 191 Å². The summed E-state index contributed by atoms with van der Waals surface area (Å²) in [6.45, 7) is 1.61. The number of nitriles is 1. The van der Waals surface area contributed by atoms with Gasteiger partial charge in [-0.2, -0.15) is 5.26 Å². The molecule has 0 saturated carbocycles. The third-order valence-corrected chi connectivity index (χ3v) is 5.47. The van der Waals surface area contributed by atoms with Gasteiger partial charge >= 0.3 is 6.09 Å². The van der Waals surface area contributed by atoms with Gasteiger partial charge in [-0.3, -0.25) is 0 Å². The predicted molar refractivity (Wildman–Crippen MR) is 121 cm³/mol. The number of hydrogen-bond donors (Lipinski definition) is 1. The van der Waals surface area contributed by atoms with Crippen LogP contribution in [0.25, 0.3) is 11.3 Å². The molecule has 1 amide bonds. The van der Waals surface area contributed by atoms with Crippen molar-refractivity contribution in [3.05, 3.63) is 77.6 Å². The van der Waals surface area contributed by atoms with Crippen molar-refractivity contribution in [2.75, 3.05) is 18.0 Å². The van der Waals surface area contributed by atoms with Crippen molar-refractivity contribution < 1.29 is 18.7 Å². The van der Waals surface area contributed by atoms with Crippen LogP contribution in [0.4, 0.5) is 15.0 Å². The molecule has 1 saturated heterocycles. The Balaban J connectivity index is 1.61. The van der Waals surface area contributed by atoms with Crippen LogP contribution in [0.5, 0.6) is 5.75 Å². The Morgan fingerprint density at radius 1 is 1.15 bits per heavy atom. The molecule has 168 valence electrons. The molecular formula is C25H23FN4O3. The van der Waals surface area contributed by atoms with E-state index in [0.29, 0.717) is 55.4 Å². The molecule has 2 aromatic carbocycles. The number of carbonyl (C=O) groups is 1. The number of ether oxygens (including phenoxy) is 2. The molecule has 2 N–H and O–H groups in total. The van der Waals surface area contributed by atoms with Crippen LogP contribution in [0.15, 0.2) is 60.7 Å². The van der Waals surface area contributed by atoms with E-state index in [0.717, 1.165) is 5.56 Å². The van der Waals surface area contributed by atoms with E-state index in [1.54, 1.807) is 12.1 Å². The second-order valence-corrected chi connectivity index (χ2v) is 7.75. The highest BCUT2D eigenvalue weighted by Gasteiger charge is 2.23. The van der Waals surface area contributed by atoms with Crippen molar-refractivity contribution in [1.82, 2.24) is 4.98 Å². The van der Waals surface area contributed by atoms with Gasteiger partial charge in [-0.05, 0) is 17.7 Å². The normalized spacial score (nSPS) is 13.9. The summed E-state index contributed by atoms with van der Waals surface area (Å²) >= 11 is 0. The molecule has 1 aliphatic rings. The van der Waals surface area contributed by atoms with Gasteiger partial charge in [-0.15, -0.1) is 0 Å². The smallest absolute Gasteiger partial charge is 0.404 e. The minimum Gasteiger partial charge on any atom is -0.489 e. The lowest BCUT2D eigenvalue weighted by Crippen LogP contribution is -2.39. The highest BCUT2D eigenvalue weighted by Crippen LogP contribution is 2.30. The molecule has 1 fully saturated rings. The van der Waals surface area contributed by atoms with Crippen molar-refractivity contribution in [1.29, 1.82) is 5.26 Å². The van der Waals surface area contributed by atoms with Gasteiger partial charge in [0.25, 0.3) is 0 Å². The summed E-state index contributed by atoms with van der Waals surface area (Å²) < 4.78 is 25.4. The summed E-state index contributed by atoms with van der Waals surface area (Å²) in [5.41, 5.74) is 7.21. The van der Waals surface area contributed by atoms with E-state index in [1.807, 2.05) is 42.5 Å². The first-order valence-electron chi connectivity index (χ1n) is 10.6. The average Bonchev–Trinajstić information content (AvgIpc) is 2.83. The van der Waals surface area contributed by atoms with Gasteiger partial charge in [0.2, 0.25) is 0 Å². The second kappa shape index (κ2) is 10.0. The van der Waals surface area contributed by atoms with Crippen LogP contribution < -0.4 is 15.4 Å². The SMILES string of the molecule is N#Cc1ccc(-c2cc(OCc3ccccc3)cc(N3CCC(OC(N)=O)CC3)n2)cc1F. The molecule has 2 heterocycles. The van der Waals surface area contributed by atoms with Crippen molar-refractivity contribution in [3.8, 4) is 23.1 Å². The molecule has 0 unspecified atom stereocenters. The Hall–Kier alpha value is -4.12. The first kappa shape index (κ1) is 22.1. The maximum atomic E-state index is 14.3. The van der Waals surface area contributed by atoms with E-state index in [2.05, 4.69) is 4.90 Å². The summed E-state index contributed by atoms with van der Waals surface area (Å²) in [4.78, 5) is 17.8. The van der Waals surface area contributed by atoms with E-state index in [4.69, 9.17) is 25.5 Å². The summed E-state index contributed by atoms with van der Waals surface area (Å²) in [5.74, 6) is 0.676. The lowest BCUT2D eigenvalue weighted by Gasteiger charge is -2.32. The van der Waals surface area contributed by atoms with Crippen LogP contribution in [0.2, 0.25) is 0 Å². The third-order valence-electron chi connectivity index (χ3n) is 5.47. The minimum absolute atomic E-state index is 0.0213. The standard InChI is InChI=1S/C25H23FN4O3/c26-22-12-18(6-7-19(22)15-27)23-13-21(32-16-17-4-2-1-3-5-17)14-24(29-23)30-10-8-20(9-11-30)33-25(28)31/h1-7,12-14,20H,8-11,16H2,(H2,28,31). The van der Waals surface area contributed by atoms with Crippen molar-refractivity contribution in [2.24, 2.45) is 5.73 Å². The first-order chi connectivity index (χ1) is 16.0. The number of carbonyl (C=O) groups excluding carboxylic acids is 1. The maximum absolute atomic E-state index is 14.3. The predicted octanol–water partition coefficient (Wildman–Crippen LogP) is 4.40. The number of anilines is 1. The first-order valence-corrected chi connectivity index (χ1v) is 10.6.